The van der Waals surface area contributed by atoms with Crippen molar-refractivity contribution in [3.05, 3.63) is 42.2 Å². The van der Waals surface area contributed by atoms with Crippen molar-refractivity contribution in [3.63, 3.8) is 0 Å². The zero-order valence-electron chi connectivity index (χ0n) is 17.4. The molecule has 6 heteroatoms. The zero-order valence-corrected chi connectivity index (χ0v) is 17.4. The van der Waals surface area contributed by atoms with Gasteiger partial charge in [-0.3, -0.25) is 9.59 Å². The second-order valence-electron chi connectivity index (χ2n) is 7.61. The Labute approximate surface area is 173 Å². The molecule has 1 aromatic heterocycles. The van der Waals surface area contributed by atoms with Crippen molar-refractivity contribution in [3.8, 4) is 0 Å². The summed E-state index contributed by atoms with van der Waals surface area (Å²) in [5.74, 6) is 1.16. The van der Waals surface area contributed by atoms with Gasteiger partial charge in [0.25, 0.3) is 0 Å². The molecule has 0 bridgehead atoms. The van der Waals surface area contributed by atoms with Crippen LogP contribution in [-0.4, -0.2) is 45.9 Å². The number of aromatic nitrogens is 2. The summed E-state index contributed by atoms with van der Waals surface area (Å²) >= 11 is 0. The number of imidazole rings is 1. The number of benzene rings is 1. The first-order valence-corrected chi connectivity index (χ1v) is 10.8. The maximum absolute atomic E-state index is 12.7. The maximum Gasteiger partial charge on any atom is 0.243 e. The highest BCUT2D eigenvalue weighted by atomic mass is 16.2. The van der Waals surface area contributed by atoms with E-state index < -0.39 is 0 Å². The van der Waals surface area contributed by atoms with Gasteiger partial charge in [0.1, 0.15) is 5.82 Å². The molecule has 29 heavy (non-hydrogen) atoms. The molecule has 1 aliphatic heterocycles. The van der Waals surface area contributed by atoms with Gasteiger partial charge < -0.3 is 14.8 Å². The molecule has 2 amide bonds. The predicted molar refractivity (Wildman–Crippen MR) is 116 cm³/mol. The van der Waals surface area contributed by atoms with Gasteiger partial charge in [-0.15, -0.1) is 0 Å². The van der Waals surface area contributed by atoms with Crippen LogP contribution in [0.3, 0.4) is 0 Å². The summed E-state index contributed by atoms with van der Waals surface area (Å²) < 4.78 is 2.18. The van der Waals surface area contributed by atoms with E-state index in [1.807, 2.05) is 30.0 Å². The number of aryl methyl sites for hydroxylation is 2. The standard InChI is InChI=1S/C23H32N4O2/c1-2-10-22(28)24-15-9-13-21-25-19-11-5-6-12-20(19)27(21)18-14-23(29)26-16-7-3-4-8-17-26/h2,5-6,10-12H,3-4,7-9,13-18H2,1H3,(H,24,28)/b10-2-. The third-order valence-corrected chi connectivity index (χ3v) is 5.44. The van der Waals surface area contributed by atoms with Crippen LogP contribution in [0.15, 0.2) is 36.4 Å². The van der Waals surface area contributed by atoms with E-state index in [1.165, 1.54) is 18.9 Å². The first kappa shape index (κ1) is 21.1. The number of amides is 2. The minimum absolute atomic E-state index is 0.0657. The highest BCUT2D eigenvalue weighted by Gasteiger charge is 2.17. The van der Waals surface area contributed by atoms with Crippen molar-refractivity contribution in [2.75, 3.05) is 19.6 Å². The summed E-state index contributed by atoms with van der Waals surface area (Å²) in [7, 11) is 0. The van der Waals surface area contributed by atoms with Gasteiger partial charge in [-0.2, -0.15) is 0 Å². The highest BCUT2D eigenvalue weighted by molar-refractivity contribution is 5.87. The summed E-state index contributed by atoms with van der Waals surface area (Å²) in [6, 6.07) is 8.08. The smallest absolute Gasteiger partial charge is 0.243 e. The summed E-state index contributed by atoms with van der Waals surface area (Å²) in [5.41, 5.74) is 2.03. The van der Waals surface area contributed by atoms with E-state index in [0.717, 1.165) is 55.6 Å². The first-order chi connectivity index (χ1) is 14.2. The monoisotopic (exact) mass is 396 g/mol. The van der Waals surface area contributed by atoms with E-state index in [2.05, 4.69) is 16.0 Å². The molecular weight excluding hydrogens is 364 g/mol. The summed E-state index contributed by atoms with van der Waals surface area (Å²) in [6.45, 7) is 4.87. The van der Waals surface area contributed by atoms with Crippen molar-refractivity contribution in [2.45, 2.75) is 58.4 Å². The average molecular weight is 397 g/mol. The van der Waals surface area contributed by atoms with Crippen molar-refractivity contribution in [1.82, 2.24) is 19.8 Å². The van der Waals surface area contributed by atoms with Gasteiger partial charge >= 0.3 is 0 Å². The van der Waals surface area contributed by atoms with Crippen molar-refractivity contribution < 1.29 is 9.59 Å². The van der Waals surface area contributed by atoms with Crippen molar-refractivity contribution in [1.29, 1.82) is 0 Å². The van der Waals surface area contributed by atoms with Gasteiger partial charge in [0, 0.05) is 39.0 Å². The SMILES string of the molecule is C/C=C\C(=O)NCCCc1nc2ccccc2n1CCC(=O)N1CCCCCC1. The molecule has 2 heterocycles. The second-order valence-corrected chi connectivity index (χ2v) is 7.61. The fourth-order valence-corrected chi connectivity index (χ4v) is 3.92. The lowest BCUT2D eigenvalue weighted by molar-refractivity contribution is -0.131. The lowest BCUT2D eigenvalue weighted by Crippen LogP contribution is -2.32. The first-order valence-electron chi connectivity index (χ1n) is 10.8. The molecule has 0 radical (unpaired) electrons. The Morgan fingerprint density at radius 1 is 1.14 bits per heavy atom. The zero-order chi connectivity index (χ0) is 20.5. The van der Waals surface area contributed by atoms with E-state index in [0.29, 0.717) is 19.5 Å². The molecule has 0 unspecified atom stereocenters. The maximum atomic E-state index is 12.7. The number of hydrogen-bond acceptors (Lipinski definition) is 3. The number of para-hydroxylation sites is 2. The van der Waals surface area contributed by atoms with Gasteiger partial charge in [-0.05, 0) is 44.4 Å². The summed E-state index contributed by atoms with van der Waals surface area (Å²) in [4.78, 5) is 31.1. The van der Waals surface area contributed by atoms with Crippen LogP contribution in [0, 0.1) is 0 Å². The Morgan fingerprint density at radius 2 is 1.90 bits per heavy atom. The van der Waals surface area contributed by atoms with E-state index in [-0.39, 0.29) is 11.8 Å². The van der Waals surface area contributed by atoms with Crippen LogP contribution in [0.25, 0.3) is 11.0 Å². The highest BCUT2D eigenvalue weighted by Crippen LogP contribution is 2.18. The quantitative estimate of drug-likeness (QED) is 0.549. The fraction of sp³-hybridized carbons (Fsp3) is 0.522. The molecule has 1 N–H and O–H groups in total. The molecule has 1 aliphatic rings. The van der Waals surface area contributed by atoms with E-state index in [4.69, 9.17) is 4.98 Å². The number of allylic oxidation sites excluding steroid dienone is 1. The number of likely N-dealkylation sites (tertiary alicyclic amines) is 1. The van der Waals surface area contributed by atoms with Gasteiger partial charge in [0.05, 0.1) is 11.0 Å². The third kappa shape index (κ3) is 5.92. The number of carbonyl (C=O) groups excluding carboxylic acids is 2. The van der Waals surface area contributed by atoms with E-state index in [9.17, 15) is 9.59 Å². The molecular formula is C23H32N4O2. The van der Waals surface area contributed by atoms with E-state index >= 15 is 0 Å². The van der Waals surface area contributed by atoms with Gasteiger partial charge in [0.2, 0.25) is 11.8 Å². The number of nitrogens with zero attached hydrogens (tertiary/aromatic N) is 3. The van der Waals surface area contributed by atoms with Crippen LogP contribution >= 0.6 is 0 Å². The van der Waals surface area contributed by atoms with Crippen LogP contribution in [0.4, 0.5) is 0 Å². The lowest BCUT2D eigenvalue weighted by atomic mass is 10.2. The Balaban J connectivity index is 1.63. The summed E-state index contributed by atoms with van der Waals surface area (Å²) in [6.07, 6.45) is 10.0. The van der Waals surface area contributed by atoms with Crippen LogP contribution in [0.1, 0.15) is 51.3 Å². The minimum atomic E-state index is -0.0657. The molecule has 3 rings (SSSR count). The van der Waals surface area contributed by atoms with Crippen LogP contribution in [0.2, 0.25) is 0 Å². The Kier molecular flexibility index (Phi) is 7.85. The molecule has 2 aromatic rings. The van der Waals surface area contributed by atoms with E-state index in [1.54, 1.807) is 6.08 Å². The van der Waals surface area contributed by atoms with Crippen LogP contribution < -0.4 is 5.32 Å². The van der Waals surface area contributed by atoms with Gasteiger partial charge in [-0.25, -0.2) is 4.98 Å². The Morgan fingerprint density at radius 3 is 2.66 bits per heavy atom. The average Bonchev–Trinajstić information content (AvgIpc) is 2.88. The molecule has 6 nitrogen and oxygen atoms in total. The molecule has 156 valence electrons. The molecule has 0 atom stereocenters. The molecule has 0 spiro atoms. The topological polar surface area (TPSA) is 67.2 Å². The number of nitrogens with one attached hydrogen (secondary N) is 1. The normalized spacial score (nSPS) is 15.0. The Bertz CT molecular complexity index is 848. The van der Waals surface area contributed by atoms with Crippen LogP contribution in [0.5, 0.6) is 0 Å². The van der Waals surface area contributed by atoms with Gasteiger partial charge in [-0.1, -0.05) is 31.1 Å². The molecule has 1 aromatic carbocycles. The number of rotatable bonds is 8. The summed E-state index contributed by atoms with van der Waals surface area (Å²) in [5, 5.41) is 2.88. The Hall–Kier alpha value is -2.63. The molecule has 1 fully saturated rings. The number of hydrogen-bond donors (Lipinski definition) is 1. The molecule has 1 saturated heterocycles. The second kappa shape index (κ2) is 10.8. The molecule has 0 saturated carbocycles. The largest absolute Gasteiger partial charge is 0.353 e. The predicted octanol–water partition coefficient (Wildman–Crippen LogP) is 3.45. The minimum Gasteiger partial charge on any atom is -0.353 e. The third-order valence-electron chi connectivity index (χ3n) is 5.44. The number of carbonyl (C=O) groups is 2. The van der Waals surface area contributed by atoms with Crippen LogP contribution in [-0.2, 0) is 22.6 Å². The fourth-order valence-electron chi connectivity index (χ4n) is 3.92. The van der Waals surface area contributed by atoms with Crippen molar-refractivity contribution in [2.24, 2.45) is 0 Å². The van der Waals surface area contributed by atoms with Crippen molar-refractivity contribution >= 4 is 22.8 Å². The molecule has 0 aliphatic carbocycles. The lowest BCUT2D eigenvalue weighted by Gasteiger charge is -2.20. The van der Waals surface area contributed by atoms with Gasteiger partial charge in [0.15, 0.2) is 0 Å². The number of fused-ring (bicyclic) bond motifs is 1.